The summed E-state index contributed by atoms with van der Waals surface area (Å²) in [6, 6.07) is 3.74. The molecule has 10 nitrogen and oxygen atoms in total. The van der Waals surface area contributed by atoms with E-state index in [-0.39, 0.29) is 34.0 Å². The van der Waals surface area contributed by atoms with Gasteiger partial charge in [-0.3, -0.25) is 4.79 Å². The summed E-state index contributed by atoms with van der Waals surface area (Å²) >= 11 is 12.6. The number of halogens is 2. The van der Waals surface area contributed by atoms with E-state index in [9.17, 15) is 19.8 Å². The fraction of sp³-hybridized carbons (Fsp3) is 0.294. The van der Waals surface area contributed by atoms with E-state index in [0.29, 0.717) is 11.1 Å². The molecule has 2 atom stereocenters. The van der Waals surface area contributed by atoms with Crippen LogP contribution in [0.2, 0.25) is 10.0 Å². The smallest absolute Gasteiger partial charge is 0.339 e. The van der Waals surface area contributed by atoms with Gasteiger partial charge in [0.2, 0.25) is 5.88 Å². The molecule has 0 saturated carbocycles. The van der Waals surface area contributed by atoms with Crippen LogP contribution in [0.5, 0.6) is 11.6 Å². The van der Waals surface area contributed by atoms with Crippen molar-refractivity contribution in [1.29, 1.82) is 0 Å². The lowest BCUT2D eigenvalue weighted by Crippen LogP contribution is -2.50. The topological polar surface area (TPSA) is 140 Å². The first-order chi connectivity index (χ1) is 13.7. The Bertz CT molecular complexity index is 1020. The molecule has 1 aromatic carbocycles. The Balaban J connectivity index is 1.94. The normalized spacial score (nSPS) is 17.6. The van der Waals surface area contributed by atoms with Crippen LogP contribution in [0.15, 0.2) is 28.1 Å². The van der Waals surface area contributed by atoms with E-state index in [0.717, 1.165) is 5.01 Å². The van der Waals surface area contributed by atoms with Crippen LogP contribution in [0.1, 0.15) is 24.0 Å². The monoisotopic (exact) mass is 441 g/mol. The Kier molecular flexibility index (Phi) is 6.08. The molecule has 0 bridgehead atoms. The number of urea groups is 1. The van der Waals surface area contributed by atoms with Crippen LogP contribution >= 0.6 is 23.2 Å². The Morgan fingerprint density at radius 1 is 1.28 bits per heavy atom. The van der Waals surface area contributed by atoms with E-state index in [4.69, 9.17) is 27.9 Å². The standard InChI is InChI=1S/C17H17Cl2N5O5/c1-7(6-25)9-5-12(21-22-15(9)26)29-14-10(18)3-8(4-11(14)19)13-16(27)20-17(28)24(2)23-13/h3-5,7,16,25,27H,6H2,1-2H3,(H,20,28)(H,22,26). The number of hydrogen-bond donors (Lipinski definition) is 4. The first kappa shape index (κ1) is 21.1. The molecule has 0 spiro atoms. The minimum absolute atomic E-state index is 0.0264. The molecule has 0 radical (unpaired) electrons. The van der Waals surface area contributed by atoms with E-state index < -0.39 is 23.7 Å². The summed E-state index contributed by atoms with van der Waals surface area (Å²) in [7, 11) is 1.43. The highest BCUT2D eigenvalue weighted by Gasteiger charge is 2.27. The van der Waals surface area contributed by atoms with Crippen LogP contribution in [0.25, 0.3) is 0 Å². The molecule has 154 valence electrons. The highest BCUT2D eigenvalue weighted by molar-refractivity contribution is 6.38. The number of aromatic nitrogens is 2. The van der Waals surface area contributed by atoms with E-state index in [1.54, 1.807) is 6.92 Å². The van der Waals surface area contributed by atoms with Gasteiger partial charge in [0, 0.05) is 36.8 Å². The minimum atomic E-state index is -1.33. The highest BCUT2D eigenvalue weighted by atomic mass is 35.5. The molecule has 4 N–H and O–H groups in total. The number of nitrogens with zero attached hydrogens (tertiary/aromatic N) is 3. The Hall–Kier alpha value is -2.66. The van der Waals surface area contributed by atoms with Gasteiger partial charge in [-0.15, -0.1) is 5.10 Å². The molecule has 2 unspecified atom stereocenters. The van der Waals surface area contributed by atoms with Gasteiger partial charge in [0.1, 0.15) is 5.71 Å². The van der Waals surface area contributed by atoms with Crippen LogP contribution in [0, 0.1) is 0 Å². The Labute approximate surface area is 174 Å². The summed E-state index contributed by atoms with van der Waals surface area (Å²) in [5.74, 6) is -0.323. The number of aliphatic hydroxyl groups is 2. The minimum Gasteiger partial charge on any atom is -0.434 e. The van der Waals surface area contributed by atoms with E-state index in [1.165, 1.54) is 25.2 Å². The second-order valence-electron chi connectivity index (χ2n) is 6.31. The maximum atomic E-state index is 11.9. The van der Waals surface area contributed by atoms with Crippen molar-refractivity contribution < 1.29 is 19.7 Å². The summed E-state index contributed by atoms with van der Waals surface area (Å²) in [5.41, 5.74) is 0.362. The molecule has 29 heavy (non-hydrogen) atoms. The van der Waals surface area contributed by atoms with Crippen molar-refractivity contribution in [1.82, 2.24) is 20.5 Å². The van der Waals surface area contributed by atoms with Gasteiger partial charge in [-0.25, -0.2) is 14.9 Å². The third-order valence-corrected chi connectivity index (χ3v) is 4.75. The predicted molar refractivity (Wildman–Crippen MR) is 106 cm³/mol. The quantitative estimate of drug-likeness (QED) is 0.555. The number of benzene rings is 1. The fourth-order valence-electron chi connectivity index (χ4n) is 2.58. The number of carbonyl (C=O) groups excluding carboxylic acids is 1. The van der Waals surface area contributed by atoms with Crippen molar-refractivity contribution in [3.8, 4) is 11.6 Å². The van der Waals surface area contributed by atoms with Crippen molar-refractivity contribution in [2.75, 3.05) is 13.7 Å². The summed E-state index contributed by atoms with van der Waals surface area (Å²) in [4.78, 5) is 23.4. The van der Waals surface area contributed by atoms with Crippen LogP contribution in [0.4, 0.5) is 4.79 Å². The van der Waals surface area contributed by atoms with Crippen LogP contribution in [-0.4, -0.2) is 57.0 Å². The summed E-state index contributed by atoms with van der Waals surface area (Å²) < 4.78 is 5.63. The number of amides is 2. The van der Waals surface area contributed by atoms with Gasteiger partial charge < -0.3 is 20.3 Å². The molecule has 0 fully saturated rings. The second-order valence-corrected chi connectivity index (χ2v) is 7.12. The molecule has 12 heteroatoms. The van der Waals surface area contributed by atoms with Crippen molar-refractivity contribution in [3.05, 3.63) is 49.7 Å². The van der Waals surface area contributed by atoms with Gasteiger partial charge in [-0.2, -0.15) is 5.10 Å². The van der Waals surface area contributed by atoms with Gasteiger partial charge in [0.25, 0.3) is 5.56 Å². The highest BCUT2D eigenvalue weighted by Crippen LogP contribution is 2.37. The molecule has 3 rings (SSSR count). The number of aliphatic hydroxyl groups excluding tert-OH is 2. The number of H-pyrrole nitrogens is 1. The third-order valence-electron chi connectivity index (χ3n) is 4.19. The molecule has 1 aromatic heterocycles. The summed E-state index contributed by atoms with van der Waals surface area (Å²) in [6.45, 7) is 1.45. The Morgan fingerprint density at radius 2 is 1.93 bits per heavy atom. The molecule has 1 aliphatic heterocycles. The third kappa shape index (κ3) is 4.35. The van der Waals surface area contributed by atoms with Crippen molar-refractivity contribution >= 4 is 34.9 Å². The number of ether oxygens (including phenoxy) is 1. The number of hydrazone groups is 1. The lowest BCUT2D eigenvalue weighted by Gasteiger charge is -2.25. The molecule has 1 aliphatic rings. The largest absolute Gasteiger partial charge is 0.434 e. The zero-order valence-corrected chi connectivity index (χ0v) is 16.8. The summed E-state index contributed by atoms with van der Waals surface area (Å²) in [6.07, 6.45) is -1.33. The van der Waals surface area contributed by atoms with E-state index in [1.807, 2.05) is 0 Å². The van der Waals surface area contributed by atoms with E-state index in [2.05, 4.69) is 20.6 Å². The zero-order valence-electron chi connectivity index (χ0n) is 15.3. The Morgan fingerprint density at radius 3 is 2.55 bits per heavy atom. The first-order valence-electron chi connectivity index (χ1n) is 8.39. The van der Waals surface area contributed by atoms with Crippen LogP contribution in [0.3, 0.4) is 0 Å². The average Bonchev–Trinajstić information content (AvgIpc) is 2.68. The lowest BCUT2D eigenvalue weighted by molar-refractivity contribution is 0.158. The molecule has 0 saturated heterocycles. The average molecular weight is 442 g/mol. The van der Waals surface area contributed by atoms with Gasteiger partial charge in [-0.1, -0.05) is 30.1 Å². The lowest BCUT2D eigenvalue weighted by atomic mass is 10.1. The van der Waals surface area contributed by atoms with Crippen molar-refractivity contribution in [2.24, 2.45) is 5.10 Å². The number of rotatable bonds is 5. The number of carbonyl (C=O) groups is 1. The molecule has 0 aliphatic carbocycles. The SMILES string of the molecule is CC(CO)c1cc(Oc2c(Cl)cc(C3=NN(C)C(=O)NC3O)cc2Cl)n[nH]c1=O. The maximum absolute atomic E-state index is 11.9. The first-order valence-corrected chi connectivity index (χ1v) is 9.15. The van der Waals surface area contributed by atoms with Crippen molar-refractivity contribution in [2.45, 2.75) is 19.1 Å². The van der Waals surface area contributed by atoms with Crippen LogP contribution < -0.4 is 15.6 Å². The van der Waals surface area contributed by atoms with E-state index >= 15 is 0 Å². The molecular weight excluding hydrogens is 425 g/mol. The molecule has 2 amide bonds. The van der Waals surface area contributed by atoms with Gasteiger partial charge in [-0.05, 0) is 12.1 Å². The van der Waals surface area contributed by atoms with Gasteiger partial charge in [0.15, 0.2) is 12.0 Å². The summed E-state index contributed by atoms with van der Waals surface area (Å²) in [5, 5.41) is 33.0. The van der Waals surface area contributed by atoms with Crippen LogP contribution in [-0.2, 0) is 0 Å². The fourth-order valence-corrected chi connectivity index (χ4v) is 3.15. The van der Waals surface area contributed by atoms with Crippen molar-refractivity contribution in [3.63, 3.8) is 0 Å². The number of nitrogens with one attached hydrogen (secondary N) is 2. The molecule has 2 aromatic rings. The number of aromatic amines is 1. The molecule has 2 heterocycles. The van der Waals surface area contributed by atoms with Gasteiger partial charge >= 0.3 is 6.03 Å². The predicted octanol–water partition coefficient (Wildman–Crippen LogP) is 1.64. The molecular formula is C17H17Cl2N5O5. The second kappa shape index (κ2) is 8.37. The van der Waals surface area contributed by atoms with Gasteiger partial charge in [0.05, 0.1) is 10.0 Å². The zero-order chi connectivity index (χ0) is 21.3. The maximum Gasteiger partial charge on any atom is 0.339 e. The number of hydrogen-bond acceptors (Lipinski definition) is 7.